The highest BCUT2D eigenvalue weighted by Crippen LogP contribution is 2.10. The van der Waals surface area contributed by atoms with E-state index < -0.39 is 5.97 Å². The number of aromatic nitrogens is 2. The number of aryl methyl sites for hydroxylation is 1. The Hall–Kier alpha value is -1.32. The van der Waals surface area contributed by atoms with E-state index in [4.69, 9.17) is 5.11 Å². The third-order valence-electron chi connectivity index (χ3n) is 2.28. The van der Waals surface area contributed by atoms with Gasteiger partial charge in [-0.1, -0.05) is 19.8 Å². The van der Waals surface area contributed by atoms with Gasteiger partial charge in [0, 0.05) is 7.05 Å². The van der Waals surface area contributed by atoms with E-state index in [-0.39, 0.29) is 5.69 Å². The van der Waals surface area contributed by atoms with Crippen molar-refractivity contribution in [2.45, 2.75) is 32.6 Å². The van der Waals surface area contributed by atoms with Crippen molar-refractivity contribution in [3.05, 3.63) is 17.7 Å². The summed E-state index contributed by atoms with van der Waals surface area (Å²) in [7, 11) is 1.83. The molecule has 1 heterocycles. The van der Waals surface area contributed by atoms with Gasteiger partial charge >= 0.3 is 5.97 Å². The molecule has 0 saturated heterocycles. The minimum absolute atomic E-state index is 0.198. The van der Waals surface area contributed by atoms with Crippen LogP contribution in [0.1, 0.15) is 42.4 Å². The molecule has 0 aliphatic rings. The van der Waals surface area contributed by atoms with Gasteiger partial charge in [-0.2, -0.15) is 0 Å². The number of carboxylic acid groups (broad SMARTS) is 1. The summed E-state index contributed by atoms with van der Waals surface area (Å²) >= 11 is 0. The quantitative estimate of drug-likeness (QED) is 0.731. The van der Waals surface area contributed by atoms with Crippen LogP contribution in [0.4, 0.5) is 0 Å². The van der Waals surface area contributed by atoms with Crippen LogP contribution in [0.2, 0.25) is 0 Å². The molecule has 1 aromatic rings. The zero-order chi connectivity index (χ0) is 10.6. The molecule has 0 aliphatic heterocycles. The molecule has 78 valence electrons. The Kier molecular flexibility index (Phi) is 3.68. The van der Waals surface area contributed by atoms with Crippen molar-refractivity contribution in [1.29, 1.82) is 0 Å². The van der Waals surface area contributed by atoms with Crippen molar-refractivity contribution in [2.24, 2.45) is 7.05 Å². The van der Waals surface area contributed by atoms with E-state index >= 15 is 0 Å². The van der Waals surface area contributed by atoms with E-state index in [0.717, 1.165) is 31.4 Å². The summed E-state index contributed by atoms with van der Waals surface area (Å²) in [5, 5.41) is 8.86. The van der Waals surface area contributed by atoms with E-state index in [2.05, 4.69) is 11.9 Å². The van der Waals surface area contributed by atoms with Crippen LogP contribution in [-0.2, 0) is 13.5 Å². The second-order valence-electron chi connectivity index (χ2n) is 3.41. The summed E-state index contributed by atoms with van der Waals surface area (Å²) < 4.78 is 1.79. The first kappa shape index (κ1) is 10.8. The second kappa shape index (κ2) is 4.79. The normalized spacial score (nSPS) is 10.4. The van der Waals surface area contributed by atoms with Gasteiger partial charge < -0.3 is 9.67 Å². The molecule has 0 aliphatic carbocycles. The van der Waals surface area contributed by atoms with Crippen LogP contribution in [0.15, 0.2) is 6.33 Å². The molecule has 0 fully saturated rings. The number of unbranched alkanes of at least 4 members (excludes halogenated alkanes) is 2. The van der Waals surface area contributed by atoms with Crippen molar-refractivity contribution in [1.82, 2.24) is 9.55 Å². The molecule has 0 unspecified atom stereocenters. The summed E-state index contributed by atoms with van der Waals surface area (Å²) in [6.45, 7) is 2.13. The van der Waals surface area contributed by atoms with Gasteiger partial charge in [-0.15, -0.1) is 0 Å². The maximum absolute atomic E-state index is 10.8. The van der Waals surface area contributed by atoms with Gasteiger partial charge in [0.05, 0.1) is 12.0 Å². The maximum atomic E-state index is 10.8. The smallest absolute Gasteiger partial charge is 0.356 e. The lowest BCUT2D eigenvalue weighted by Crippen LogP contribution is -2.05. The zero-order valence-corrected chi connectivity index (χ0v) is 8.66. The molecule has 0 saturated carbocycles. The van der Waals surface area contributed by atoms with Gasteiger partial charge in [-0.05, 0) is 12.8 Å². The van der Waals surface area contributed by atoms with Crippen molar-refractivity contribution in [3.8, 4) is 0 Å². The fraction of sp³-hybridized carbons (Fsp3) is 0.600. The molecule has 1 aromatic heterocycles. The lowest BCUT2D eigenvalue weighted by molar-refractivity contribution is 0.0689. The van der Waals surface area contributed by atoms with Crippen molar-refractivity contribution in [3.63, 3.8) is 0 Å². The Balaban J connectivity index is 2.72. The highest BCUT2D eigenvalue weighted by molar-refractivity contribution is 5.86. The van der Waals surface area contributed by atoms with Crippen LogP contribution < -0.4 is 0 Å². The molecular formula is C10H16N2O2. The molecule has 1 rings (SSSR count). The van der Waals surface area contributed by atoms with Crippen LogP contribution >= 0.6 is 0 Å². The molecule has 0 atom stereocenters. The first-order valence-corrected chi connectivity index (χ1v) is 4.90. The largest absolute Gasteiger partial charge is 0.476 e. The number of hydrogen-bond donors (Lipinski definition) is 1. The Morgan fingerprint density at radius 1 is 1.57 bits per heavy atom. The van der Waals surface area contributed by atoms with Crippen molar-refractivity contribution >= 4 is 5.97 Å². The fourth-order valence-electron chi connectivity index (χ4n) is 1.47. The van der Waals surface area contributed by atoms with E-state index in [1.54, 1.807) is 10.9 Å². The Labute approximate surface area is 83.6 Å². The number of carbonyl (C=O) groups is 1. The minimum Gasteiger partial charge on any atom is -0.476 e. The summed E-state index contributed by atoms with van der Waals surface area (Å²) in [6, 6.07) is 0. The third kappa shape index (κ3) is 2.34. The molecule has 4 nitrogen and oxygen atoms in total. The molecule has 14 heavy (non-hydrogen) atoms. The van der Waals surface area contributed by atoms with Gasteiger partial charge in [-0.25, -0.2) is 9.78 Å². The SMILES string of the molecule is CCCCCc1c(C(=O)O)ncn1C. The van der Waals surface area contributed by atoms with Gasteiger partial charge in [-0.3, -0.25) is 0 Å². The molecule has 0 spiro atoms. The monoisotopic (exact) mass is 196 g/mol. The minimum atomic E-state index is -0.933. The summed E-state index contributed by atoms with van der Waals surface area (Å²) in [5.74, 6) is -0.933. The van der Waals surface area contributed by atoms with Crippen molar-refractivity contribution < 1.29 is 9.90 Å². The molecular weight excluding hydrogens is 180 g/mol. The molecule has 0 radical (unpaired) electrons. The molecule has 4 heteroatoms. The zero-order valence-electron chi connectivity index (χ0n) is 8.66. The van der Waals surface area contributed by atoms with E-state index in [9.17, 15) is 4.79 Å². The standard InChI is InChI=1S/C10H16N2O2/c1-3-4-5-6-8-9(10(13)14)11-7-12(8)2/h7H,3-6H2,1-2H3,(H,13,14). The lowest BCUT2D eigenvalue weighted by Gasteiger charge is -2.02. The fourth-order valence-corrected chi connectivity index (χ4v) is 1.47. The average Bonchev–Trinajstić information content (AvgIpc) is 2.48. The topological polar surface area (TPSA) is 55.1 Å². The summed E-state index contributed by atoms with van der Waals surface area (Å²) in [4.78, 5) is 14.6. The van der Waals surface area contributed by atoms with E-state index in [1.807, 2.05) is 7.05 Å². The average molecular weight is 196 g/mol. The predicted octanol–water partition coefficient (Wildman–Crippen LogP) is 1.85. The van der Waals surface area contributed by atoms with Gasteiger partial charge in [0.1, 0.15) is 0 Å². The molecule has 0 amide bonds. The van der Waals surface area contributed by atoms with E-state index in [1.165, 1.54) is 0 Å². The summed E-state index contributed by atoms with van der Waals surface area (Å²) in [6.07, 6.45) is 5.65. The molecule has 0 bridgehead atoms. The Morgan fingerprint density at radius 3 is 2.86 bits per heavy atom. The van der Waals surface area contributed by atoms with Crippen LogP contribution in [0.5, 0.6) is 0 Å². The Bertz CT molecular complexity index is 318. The molecule has 0 aromatic carbocycles. The lowest BCUT2D eigenvalue weighted by atomic mass is 10.1. The number of imidazole rings is 1. The first-order chi connectivity index (χ1) is 6.66. The highest BCUT2D eigenvalue weighted by atomic mass is 16.4. The third-order valence-corrected chi connectivity index (χ3v) is 2.28. The van der Waals surface area contributed by atoms with Crippen molar-refractivity contribution in [2.75, 3.05) is 0 Å². The highest BCUT2D eigenvalue weighted by Gasteiger charge is 2.14. The second-order valence-corrected chi connectivity index (χ2v) is 3.41. The van der Waals surface area contributed by atoms with Gasteiger partial charge in [0.25, 0.3) is 0 Å². The number of aromatic carboxylic acids is 1. The van der Waals surface area contributed by atoms with E-state index in [0.29, 0.717) is 0 Å². The number of hydrogen-bond acceptors (Lipinski definition) is 2. The number of carboxylic acids is 1. The van der Waals surface area contributed by atoms with Crippen LogP contribution in [0.25, 0.3) is 0 Å². The maximum Gasteiger partial charge on any atom is 0.356 e. The molecule has 1 N–H and O–H groups in total. The van der Waals surface area contributed by atoms with Crippen LogP contribution in [0, 0.1) is 0 Å². The summed E-state index contributed by atoms with van der Waals surface area (Å²) in [5.41, 5.74) is 1.02. The first-order valence-electron chi connectivity index (χ1n) is 4.90. The van der Waals surface area contributed by atoms with Crippen LogP contribution in [0.3, 0.4) is 0 Å². The van der Waals surface area contributed by atoms with Gasteiger partial charge in [0.2, 0.25) is 0 Å². The number of rotatable bonds is 5. The van der Waals surface area contributed by atoms with Gasteiger partial charge in [0.15, 0.2) is 5.69 Å². The Morgan fingerprint density at radius 2 is 2.29 bits per heavy atom. The van der Waals surface area contributed by atoms with Crippen LogP contribution in [-0.4, -0.2) is 20.6 Å². The predicted molar refractivity (Wildman–Crippen MR) is 53.4 cm³/mol. The number of nitrogens with zero attached hydrogens (tertiary/aromatic N) is 2.